The number of aldehydes is 1. The number of rotatable bonds is 1. The van der Waals surface area contributed by atoms with Crippen LogP contribution in [0.5, 0.6) is 0 Å². The van der Waals surface area contributed by atoms with E-state index in [1.165, 1.54) is 23.2 Å². The van der Waals surface area contributed by atoms with Crippen molar-refractivity contribution in [3.8, 4) is 0 Å². The van der Waals surface area contributed by atoms with Crippen LogP contribution in [0.15, 0.2) is 5.38 Å². The minimum absolute atomic E-state index is 0.0872. The summed E-state index contributed by atoms with van der Waals surface area (Å²) in [5.41, 5.74) is 1.29. The van der Waals surface area contributed by atoms with Crippen molar-refractivity contribution in [1.82, 2.24) is 4.90 Å². The molecule has 15 heavy (non-hydrogen) atoms. The normalized spacial score (nSPS) is 15.0. The van der Waals surface area contributed by atoms with E-state index in [4.69, 9.17) is 0 Å². The van der Waals surface area contributed by atoms with Crippen LogP contribution in [-0.4, -0.2) is 29.4 Å². The molecular weight excluding hydrogens is 214 g/mol. The van der Waals surface area contributed by atoms with E-state index in [-0.39, 0.29) is 18.2 Å². The molecule has 0 atom stereocenters. The Kier molecular flexibility index (Phi) is 2.40. The second-order valence-corrected chi connectivity index (χ2v) is 4.32. The Morgan fingerprint density at radius 3 is 2.87 bits per heavy atom. The first-order valence-corrected chi connectivity index (χ1v) is 5.35. The van der Waals surface area contributed by atoms with Crippen LogP contribution in [0.1, 0.15) is 32.5 Å². The second kappa shape index (κ2) is 3.58. The maximum absolute atomic E-state index is 11.6. The van der Waals surface area contributed by atoms with Gasteiger partial charge >= 0.3 is 0 Å². The van der Waals surface area contributed by atoms with Crippen molar-refractivity contribution in [2.75, 3.05) is 6.54 Å². The molecule has 1 aliphatic heterocycles. The predicted octanol–water partition coefficient (Wildman–Crippen LogP) is 1.11. The van der Waals surface area contributed by atoms with Gasteiger partial charge < -0.3 is 4.90 Å². The van der Waals surface area contributed by atoms with Gasteiger partial charge in [-0.2, -0.15) is 0 Å². The first-order valence-electron chi connectivity index (χ1n) is 4.47. The topological polar surface area (TPSA) is 54.5 Å². The third-order valence-corrected chi connectivity index (χ3v) is 3.41. The molecule has 1 aromatic rings. The van der Waals surface area contributed by atoms with Gasteiger partial charge in [0.25, 0.3) is 0 Å². The van der Waals surface area contributed by atoms with Crippen molar-refractivity contribution in [3.05, 3.63) is 21.4 Å². The molecule has 1 aromatic heterocycles. The number of carbonyl (C=O) groups is 3. The molecule has 0 saturated carbocycles. The molecule has 2 rings (SSSR count). The zero-order valence-corrected chi connectivity index (χ0v) is 8.97. The monoisotopic (exact) mass is 223 g/mol. The van der Waals surface area contributed by atoms with E-state index in [2.05, 4.69) is 0 Å². The van der Waals surface area contributed by atoms with Gasteiger partial charge in [-0.15, -0.1) is 11.3 Å². The summed E-state index contributed by atoms with van der Waals surface area (Å²) < 4.78 is 0. The fourth-order valence-electron chi connectivity index (χ4n) is 1.62. The van der Waals surface area contributed by atoms with E-state index in [0.717, 1.165) is 6.29 Å². The van der Waals surface area contributed by atoms with Gasteiger partial charge in [0.1, 0.15) is 0 Å². The Balaban J connectivity index is 2.44. The van der Waals surface area contributed by atoms with E-state index < -0.39 is 0 Å². The van der Waals surface area contributed by atoms with Crippen molar-refractivity contribution in [3.63, 3.8) is 0 Å². The van der Waals surface area contributed by atoms with E-state index >= 15 is 0 Å². The second-order valence-electron chi connectivity index (χ2n) is 3.41. The standard InChI is InChI=1S/C10H9NO3S/c1-6(13)11-2-7-8(9(14)3-11)5-15-10(7)4-12/h4-5H,2-3H2,1H3. The molecule has 0 bridgehead atoms. The number of fused-ring (bicyclic) bond motifs is 1. The number of ketones is 1. The van der Waals surface area contributed by atoms with Gasteiger partial charge in [-0.1, -0.05) is 0 Å². The first-order chi connectivity index (χ1) is 7.13. The third-order valence-electron chi connectivity index (χ3n) is 2.46. The molecule has 2 heterocycles. The number of hydrogen-bond acceptors (Lipinski definition) is 4. The van der Waals surface area contributed by atoms with Gasteiger partial charge in [0.15, 0.2) is 12.1 Å². The van der Waals surface area contributed by atoms with Gasteiger partial charge in [-0.25, -0.2) is 0 Å². The molecule has 0 spiro atoms. The molecule has 0 aromatic carbocycles. The van der Waals surface area contributed by atoms with Crippen LogP contribution in [-0.2, 0) is 11.3 Å². The van der Waals surface area contributed by atoms with Crippen LogP contribution in [0, 0.1) is 0 Å². The summed E-state index contributed by atoms with van der Waals surface area (Å²) in [6, 6.07) is 0. The Labute approximate surface area is 90.5 Å². The fraction of sp³-hybridized carbons (Fsp3) is 0.300. The zero-order chi connectivity index (χ0) is 11.0. The van der Waals surface area contributed by atoms with E-state index in [1.807, 2.05) is 0 Å². The van der Waals surface area contributed by atoms with Crippen molar-refractivity contribution < 1.29 is 14.4 Å². The summed E-state index contributed by atoms with van der Waals surface area (Å²) in [4.78, 5) is 35.5. The molecule has 5 heteroatoms. The van der Waals surface area contributed by atoms with Crippen molar-refractivity contribution >= 4 is 29.3 Å². The minimum atomic E-state index is -0.142. The van der Waals surface area contributed by atoms with E-state index in [1.54, 1.807) is 5.38 Å². The molecule has 1 aliphatic rings. The first kappa shape index (κ1) is 10.0. The predicted molar refractivity (Wildman–Crippen MR) is 55.1 cm³/mol. The highest BCUT2D eigenvalue weighted by molar-refractivity contribution is 7.12. The third kappa shape index (κ3) is 1.59. The van der Waals surface area contributed by atoms with Crippen LogP contribution < -0.4 is 0 Å². The zero-order valence-electron chi connectivity index (χ0n) is 8.15. The smallest absolute Gasteiger partial charge is 0.220 e. The van der Waals surface area contributed by atoms with Gasteiger partial charge in [0.05, 0.1) is 11.4 Å². The van der Waals surface area contributed by atoms with Gasteiger partial charge in [0.2, 0.25) is 5.91 Å². The van der Waals surface area contributed by atoms with Crippen LogP contribution in [0.25, 0.3) is 0 Å². The van der Waals surface area contributed by atoms with E-state index in [9.17, 15) is 14.4 Å². The van der Waals surface area contributed by atoms with Crippen molar-refractivity contribution in [1.29, 1.82) is 0 Å². The molecule has 0 radical (unpaired) electrons. The summed E-state index contributed by atoms with van der Waals surface area (Å²) >= 11 is 1.26. The molecule has 0 fully saturated rings. The average molecular weight is 223 g/mol. The summed E-state index contributed by atoms with van der Waals surface area (Å²) in [7, 11) is 0. The number of hydrogen-bond donors (Lipinski definition) is 0. The quantitative estimate of drug-likeness (QED) is 0.670. The lowest BCUT2D eigenvalue weighted by atomic mass is 10.0. The summed E-state index contributed by atoms with van der Waals surface area (Å²) in [6.45, 7) is 1.91. The highest BCUT2D eigenvalue weighted by Crippen LogP contribution is 2.27. The molecule has 78 valence electrons. The number of nitrogens with zero attached hydrogens (tertiary/aromatic N) is 1. The summed E-state index contributed by atoms with van der Waals surface area (Å²) in [5.74, 6) is -0.229. The van der Waals surface area contributed by atoms with Gasteiger partial charge in [-0.3, -0.25) is 14.4 Å². The minimum Gasteiger partial charge on any atom is -0.331 e. The highest BCUT2D eigenvalue weighted by atomic mass is 32.1. The number of Topliss-reactive ketones (excluding diaryl/α,β-unsaturated/α-hetero) is 1. The average Bonchev–Trinajstić information content (AvgIpc) is 2.60. The van der Waals surface area contributed by atoms with Gasteiger partial charge in [-0.05, 0) is 0 Å². The summed E-state index contributed by atoms with van der Waals surface area (Å²) in [6.07, 6.45) is 0.737. The van der Waals surface area contributed by atoms with Crippen LogP contribution in [0.2, 0.25) is 0 Å². The molecule has 0 unspecified atom stereocenters. The molecule has 0 N–H and O–H groups in total. The Morgan fingerprint density at radius 1 is 1.53 bits per heavy atom. The fourth-order valence-corrected chi connectivity index (χ4v) is 2.51. The van der Waals surface area contributed by atoms with Crippen molar-refractivity contribution in [2.45, 2.75) is 13.5 Å². The van der Waals surface area contributed by atoms with Crippen LogP contribution in [0.4, 0.5) is 0 Å². The molecular formula is C10H9NO3S. The lowest BCUT2D eigenvalue weighted by molar-refractivity contribution is -0.129. The SMILES string of the molecule is CC(=O)N1CC(=O)c2csc(C=O)c2C1. The largest absolute Gasteiger partial charge is 0.331 e. The molecule has 4 nitrogen and oxygen atoms in total. The Hall–Kier alpha value is -1.49. The van der Waals surface area contributed by atoms with Crippen LogP contribution in [0.3, 0.4) is 0 Å². The number of amides is 1. The number of thiophene rings is 1. The van der Waals surface area contributed by atoms with Crippen LogP contribution >= 0.6 is 11.3 Å². The van der Waals surface area contributed by atoms with Crippen molar-refractivity contribution in [2.24, 2.45) is 0 Å². The lowest BCUT2D eigenvalue weighted by Crippen LogP contribution is -2.37. The van der Waals surface area contributed by atoms with E-state index in [0.29, 0.717) is 22.5 Å². The van der Waals surface area contributed by atoms with Gasteiger partial charge in [0, 0.05) is 30.0 Å². The summed E-state index contributed by atoms with van der Waals surface area (Å²) in [5, 5.41) is 1.69. The Bertz CT molecular complexity index is 450. The maximum Gasteiger partial charge on any atom is 0.220 e. The lowest BCUT2D eigenvalue weighted by Gasteiger charge is -2.25. The molecule has 0 saturated heterocycles. The molecule has 1 amide bonds. The highest BCUT2D eigenvalue weighted by Gasteiger charge is 2.27. The Morgan fingerprint density at radius 2 is 2.27 bits per heavy atom. The number of carbonyl (C=O) groups excluding carboxylic acids is 3. The maximum atomic E-state index is 11.6. The molecule has 0 aliphatic carbocycles.